The second kappa shape index (κ2) is 4.15. The van der Waals surface area contributed by atoms with Crippen LogP contribution in [0.2, 0.25) is 0 Å². The number of nitrogens with one attached hydrogen (secondary N) is 1. The maximum atomic E-state index is 10.8. The smallest absolute Gasteiger partial charge is 0.172 e. The standard InChI is InChI=1S/C9H12N2O2S/c1-14(12,13)7-9(10)11-8-5-3-2-4-6-8/h2-7,11H,10H2,1H3. The summed E-state index contributed by atoms with van der Waals surface area (Å²) in [6, 6.07) is 9.11. The highest BCUT2D eigenvalue weighted by Gasteiger charge is 1.98. The Morgan fingerprint density at radius 2 is 1.93 bits per heavy atom. The van der Waals surface area contributed by atoms with E-state index in [-0.39, 0.29) is 5.82 Å². The van der Waals surface area contributed by atoms with Crippen LogP contribution in [-0.4, -0.2) is 14.7 Å². The highest BCUT2D eigenvalue weighted by Crippen LogP contribution is 2.06. The lowest BCUT2D eigenvalue weighted by Gasteiger charge is -2.04. The van der Waals surface area contributed by atoms with Gasteiger partial charge in [-0.1, -0.05) is 18.2 Å². The van der Waals surface area contributed by atoms with E-state index >= 15 is 0 Å². The van der Waals surface area contributed by atoms with Crippen molar-refractivity contribution in [3.63, 3.8) is 0 Å². The first-order valence-electron chi connectivity index (χ1n) is 3.97. The van der Waals surface area contributed by atoms with Gasteiger partial charge in [-0.05, 0) is 12.1 Å². The van der Waals surface area contributed by atoms with Crippen molar-refractivity contribution in [3.05, 3.63) is 41.6 Å². The van der Waals surface area contributed by atoms with Gasteiger partial charge < -0.3 is 11.1 Å². The van der Waals surface area contributed by atoms with Gasteiger partial charge in [0.25, 0.3) is 0 Å². The molecule has 1 aromatic rings. The first kappa shape index (κ1) is 10.6. The fraction of sp³-hybridized carbons (Fsp3) is 0.111. The molecular weight excluding hydrogens is 200 g/mol. The molecule has 0 aliphatic carbocycles. The van der Waals surface area contributed by atoms with E-state index in [2.05, 4.69) is 5.32 Å². The highest BCUT2D eigenvalue weighted by molar-refractivity contribution is 7.93. The fourth-order valence-electron chi connectivity index (χ4n) is 0.948. The number of rotatable bonds is 3. The van der Waals surface area contributed by atoms with Gasteiger partial charge in [-0.3, -0.25) is 0 Å². The Kier molecular flexibility index (Phi) is 3.14. The number of sulfone groups is 1. The molecule has 0 aromatic heterocycles. The second-order valence-electron chi connectivity index (χ2n) is 2.89. The zero-order valence-electron chi connectivity index (χ0n) is 7.77. The van der Waals surface area contributed by atoms with Crippen LogP contribution in [0.4, 0.5) is 5.69 Å². The molecule has 76 valence electrons. The third-order valence-corrected chi connectivity index (χ3v) is 2.09. The van der Waals surface area contributed by atoms with E-state index in [1.165, 1.54) is 0 Å². The fourth-order valence-corrected chi connectivity index (χ4v) is 1.47. The van der Waals surface area contributed by atoms with Gasteiger partial charge in [0.05, 0.1) is 5.41 Å². The molecule has 0 heterocycles. The van der Waals surface area contributed by atoms with Crippen molar-refractivity contribution < 1.29 is 8.42 Å². The van der Waals surface area contributed by atoms with Crippen LogP contribution in [0.5, 0.6) is 0 Å². The van der Waals surface area contributed by atoms with Gasteiger partial charge in [0.1, 0.15) is 5.82 Å². The average Bonchev–Trinajstić information content (AvgIpc) is 2.02. The van der Waals surface area contributed by atoms with Crippen LogP contribution in [0.15, 0.2) is 41.6 Å². The van der Waals surface area contributed by atoms with E-state index in [4.69, 9.17) is 5.73 Å². The van der Waals surface area contributed by atoms with Crippen molar-refractivity contribution in [3.8, 4) is 0 Å². The van der Waals surface area contributed by atoms with E-state index < -0.39 is 9.84 Å². The number of benzene rings is 1. The van der Waals surface area contributed by atoms with Gasteiger partial charge in [0.2, 0.25) is 0 Å². The van der Waals surface area contributed by atoms with E-state index in [1.807, 2.05) is 18.2 Å². The maximum Gasteiger partial charge on any atom is 0.172 e. The third kappa shape index (κ3) is 3.95. The SMILES string of the molecule is CS(=O)(=O)C=C(N)Nc1ccccc1. The monoisotopic (exact) mass is 212 g/mol. The Bertz CT molecular complexity index is 423. The van der Waals surface area contributed by atoms with Crippen LogP contribution < -0.4 is 11.1 Å². The first-order chi connectivity index (χ1) is 6.47. The molecule has 0 spiro atoms. The molecule has 1 aromatic carbocycles. The van der Waals surface area contributed by atoms with Crippen molar-refractivity contribution >= 4 is 15.5 Å². The lowest BCUT2D eigenvalue weighted by atomic mass is 10.3. The molecule has 0 unspecified atom stereocenters. The molecule has 0 fully saturated rings. The normalized spacial score (nSPS) is 12.5. The largest absolute Gasteiger partial charge is 0.385 e. The van der Waals surface area contributed by atoms with Gasteiger partial charge >= 0.3 is 0 Å². The minimum Gasteiger partial charge on any atom is -0.385 e. The number of hydrogen-bond acceptors (Lipinski definition) is 4. The Labute approximate surface area is 83.4 Å². The molecule has 0 bridgehead atoms. The molecular formula is C9H12N2O2S. The number of para-hydroxylation sites is 1. The number of anilines is 1. The summed E-state index contributed by atoms with van der Waals surface area (Å²) < 4.78 is 21.7. The van der Waals surface area contributed by atoms with Gasteiger partial charge in [0.15, 0.2) is 9.84 Å². The summed E-state index contributed by atoms with van der Waals surface area (Å²) in [6.07, 6.45) is 1.09. The Morgan fingerprint density at radius 3 is 2.43 bits per heavy atom. The average molecular weight is 212 g/mol. The lowest BCUT2D eigenvalue weighted by molar-refractivity contribution is 0.610. The second-order valence-corrected chi connectivity index (χ2v) is 4.79. The summed E-state index contributed by atoms with van der Waals surface area (Å²) in [5.74, 6) is 0.110. The minimum absolute atomic E-state index is 0.110. The molecule has 0 saturated heterocycles. The molecule has 1 rings (SSSR count). The summed E-state index contributed by atoms with van der Waals surface area (Å²) in [5.41, 5.74) is 6.22. The highest BCUT2D eigenvalue weighted by atomic mass is 32.2. The number of hydrogen-bond donors (Lipinski definition) is 2. The molecule has 0 saturated carbocycles. The van der Waals surface area contributed by atoms with Gasteiger partial charge in [0, 0.05) is 11.9 Å². The van der Waals surface area contributed by atoms with E-state index in [0.29, 0.717) is 0 Å². The predicted octanol–water partition coefficient (Wildman–Crippen LogP) is 0.901. The lowest BCUT2D eigenvalue weighted by Crippen LogP contribution is -2.11. The van der Waals surface area contributed by atoms with Crippen LogP contribution in [0.25, 0.3) is 0 Å². The molecule has 0 aliphatic heterocycles. The Balaban J connectivity index is 2.77. The van der Waals surface area contributed by atoms with Crippen LogP contribution in [-0.2, 0) is 9.84 Å². The minimum atomic E-state index is -3.19. The topological polar surface area (TPSA) is 72.2 Å². The molecule has 0 amide bonds. The van der Waals surface area contributed by atoms with Gasteiger partial charge in [-0.2, -0.15) is 0 Å². The molecule has 0 aliphatic rings. The number of nitrogens with two attached hydrogens (primary N) is 1. The van der Waals surface area contributed by atoms with E-state index in [0.717, 1.165) is 17.4 Å². The van der Waals surface area contributed by atoms with Crippen molar-refractivity contribution in [2.24, 2.45) is 5.73 Å². The van der Waals surface area contributed by atoms with Crippen molar-refractivity contribution in [1.29, 1.82) is 0 Å². The molecule has 5 heteroatoms. The van der Waals surface area contributed by atoms with E-state index in [1.54, 1.807) is 12.1 Å². The van der Waals surface area contributed by atoms with Crippen LogP contribution in [0.3, 0.4) is 0 Å². The van der Waals surface area contributed by atoms with Crippen molar-refractivity contribution in [2.45, 2.75) is 0 Å². The van der Waals surface area contributed by atoms with Gasteiger partial charge in [-0.15, -0.1) is 0 Å². The van der Waals surface area contributed by atoms with Crippen LogP contribution in [0, 0.1) is 0 Å². The summed E-state index contributed by atoms with van der Waals surface area (Å²) in [4.78, 5) is 0. The maximum absolute atomic E-state index is 10.8. The Hall–Kier alpha value is -1.49. The summed E-state index contributed by atoms with van der Waals surface area (Å²) in [5, 5.41) is 3.74. The predicted molar refractivity (Wildman–Crippen MR) is 57.2 cm³/mol. The van der Waals surface area contributed by atoms with Gasteiger partial charge in [-0.25, -0.2) is 8.42 Å². The summed E-state index contributed by atoms with van der Waals surface area (Å²) >= 11 is 0. The molecule has 0 radical (unpaired) electrons. The Morgan fingerprint density at radius 1 is 1.36 bits per heavy atom. The first-order valence-corrected chi connectivity index (χ1v) is 5.92. The molecule has 0 atom stereocenters. The van der Waals surface area contributed by atoms with Crippen LogP contribution in [0.1, 0.15) is 0 Å². The van der Waals surface area contributed by atoms with Crippen LogP contribution >= 0.6 is 0 Å². The molecule has 3 N–H and O–H groups in total. The zero-order chi connectivity index (χ0) is 10.6. The molecule has 14 heavy (non-hydrogen) atoms. The van der Waals surface area contributed by atoms with E-state index in [9.17, 15) is 8.42 Å². The van der Waals surface area contributed by atoms with Crippen molar-refractivity contribution in [1.82, 2.24) is 0 Å². The third-order valence-electron chi connectivity index (χ3n) is 1.40. The molecule has 4 nitrogen and oxygen atoms in total. The van der Waals surface area contributed by atoms with Crippen molar-refractivity contribution in [2.75, 3.05) is 11.6 Å². The quantitative estimate of drug-likeness (QED) is 0.780. The zero-order valence-corrected chi connectivity index (χ0v) is 8.58. The summed E-state index contributed by atoms with van der Waals surface area (Å²) in [6.45, 7) is 0. The summed E-state index contributed by atoms with van der Waals surface area (Å²) in [7, 11) is -3.19.